The van der Waals surface area contributed by atoms with E-state index in [1.807, 2.05) is 18.5 Å². The molecule has 1 aliphatic carbocycles. The first-order valence-corrected chi connectivity index (χ1v) is 8.22. The standard InChI is InChI=1S/C17H29N3O2/c1-11-15(12(2)20(19-11)17(3,4)5)16(22)18-14-8-6-13(10-21)7-9-14/h13-14,21H,6-10H2,1-5H3,(H,18,22). The Kier molecular flexibility index (Phi) is 4.95. The fraction of sp³-hybridized carbons (Fsp3) is 0.765. The van der Waals surface area contributed by atoms with Gasteiger partial charge in [-0.25, -0.2) is 0 Å². The zero-order valence-corrected chi connectivity index (χ0v) is 14.4. The molecule has 0 aliphatic heterocycles. The lowest BCUT2D eigenvalue weighted by molar-refractivity contribution is 0.0912. The van der Waals surface area contributed by atoms with E-state index in [0.29, 0.717) is 11.5 Å². The van der Waals surface area contributed by atoms with Crippen LogP contribution in [-0.4, -0.2) is 33.4 Å². The number of amides is 1. The predicted molar refractivity (Wildman–Crippen MR) is 87.0 cm³/mol. The molecule has 22 heavy (non-hydrogen) atoms. The number of rotatable bonds is 3. The zero-order valence-electron chi connectivity index (χ0n) is 14.4. The van der Waals surface area contributed by atoms with Crippen LogP contribution in [0.5, 0.6) is 0 Å². The van der Waals surface area contributed by atoms with Crippen molar-refractivity contribution in [1.82, 2.24) is 15.1 Å². The third-order valence-electron chi connectivity index (χ3n) is 4.59. The van der Waals surface area contributed by atoms with E-state index in [-0.39, 0.29) is 24.1 Å². The normalized spacial score (nSPS) is 22.6. The molecule has 1 heterocycles. The lowest BCUT2D eigenvalue weighted by Gasteiger charge is -2.28. The fourth-order valence-corrected chi connectivity index (χ4v) is 3.37. The topological polar surface area (TPSA) is 67.2 Å². The van der Waals surface area contributed by atoms with Gasteiger partial charge in [0.2, 0.25) is 0 Å². The SMILES string of the molecule is Cc1nn(C(C)(C)C)c(C)c1C(=O)NC1CCC(CO)CC1. The lowest BCUT2D eigenvalue weighted by Crippen LogP contribution is -2.38. The minimum absolute atomic E-state index is 0.0158. The van der Waals surface area contributed by atoms with E-state index in [4.69, 9.17) is 0 Å². The van der Waals surface area contributed by atoms with Crippen molar-refractivity contribution in [3.63, 3.8) is 0 Å². The van der Waals surface area contributed by atoms with Crippen molar-refractivity contribution in [2.75, 3.05) is 6.61 Å². The van der Waals surface area contributed by atoms with E-state index < -0.39 is 0 Å². The third-order valence-corrected chi connectivity index (χ3v) is 4.59. The van der Waals surface area contributed by atoms with Crippen molar-refractivity contribution in [1.29, 1.82) is 0 Å². The van der Waals surface area contributed by atoms with Gasteiger partial charge in [0.25, 0.3) is 5.91 Å². The van der Waals surface area contributed by atoms with Crippen molar-refractivity contribution in [3.8, 4) is 0 Å². The summed E-state index contributed by atoms with van der Waals surface area (Å²) in [5.74, 6) is 0.387. The van der Waals surface area contributed by atoms with Crippen LogP contribution < -0.4 is 5.32 Å². The van der Waals surface area contributed by atoms with Crippen molar-refractivity contribution >= 4 is 5.91 Å². The number of aryl methyl sites for hydroxylation is 1. The van der Waals surface area contributed by atoms with Crippen LogP contribution in [0.4, 0.5) is 0 Å². The Labute approximate surface area is 133 Å². The molecule has 0 saturated heterocycles. The molecule has 0 atom stereocenters. The summed E-state index contributed by atoms with van der Waals surface area (Å²) in [7, 11) is 0. The Hall–Kier alpha value is -1.36. The van der Waals surface area contributed by atoms with Gasteiger partial charge in [-0.2, -0.15) is 5.10 Å². The molecular weight excluding hydrogens is 278 g/mol. The van der Waals surface area contributed by atoms with Crippen molar-refractivity contribution < 1.29 is 9.90 Å². The van der Waals surface area contributed by atoms with Crippen LogP contribution in [0.3, 0.4) is 0 Å². The third kappa shape index (κ3) is 3.51. The lowest BCUT2D eigenvalue weighted by atomic mass is 9.86. The summed E-state index contributed by atoms with van der Waals surface area (Å²) in [5, 5.41) is 16.9. The maximum Gasteiger partial charge on any atom is 0.255 e. The van der Waals surface area contributed by atoms with Crippen LogP contribution in [0.1, 0.15) is 68.2 Å². The number of nitrogens with one attached hydrogen (secondary N) is 1. The molecule has 2 N–H and O–H groups in total. The van der Waals surface area contributed by atoms with E-state index in [1.54, 1.807) is 0 Å². The van der Waals surface area contributed by atoms with Crippen LogP contribution in [0, 0.1) is 19.8 Å². The Balaban J connectivity index is 2.09. The predicted octanol–water partition coefficient (Wildman–Crippen LogP) is 2.54. The summed E-state index contributed by atoms with van der Waals surface area (Å²) >= 11 is 0. The van der Waals surface area contributed by atoms with Crippen molar-refractivity contribution in [3.05, 3.63) is 17.0 Å². The minimum Gasteiger partial charge on any atom is -0.396 e. The summed E-state index contributed by atoms with van der Waals surface area (Å²) in [6.07, 6.45) is 3.87. The smallest absolute Gasteiger partial charge is 0.255 e. The number of aliphatic hydroxyl groups excluding tert-OH is 1. The number of hydrogen-bond acceptors (Lipinski definition) is 3. The fourth-order valence-electron chi connectivity index (χ4n) is 3.37. The molecule has 0 unspecified atom stereocenters. The molecule has 1 fully saturated rings. The van der Waals surface area contributed by atoms with Crippen LogP contribution in [-0.2, 0) is 5.54 Å². The van der Waals surface area contributed by atoms with Gasteiger partial charge < -0.3 is 10.4 Å². The maximum atomic E-state index is 12.6. The number of aliphatic hydroxyl groups is 1. The van der Waals surface area contributed by atoms with E-state index in [1.165, 1.54) is 0 Å². The molecule has 2 rings (SSSR count). The molecule has 0 radical (unpaired) electrons. The molecule has 1 amide bonds. The molecule has 0 aromatic carbocycles. The van der Waals surface area contributed by atoms with E-state index in [9.17, 15) is 9.90 Å². The van der Waals surface area contributed by atoms with Gasteiger partial charge in [-0.15, -0.1) is 0 Å². The second kappa shape index (κ2) is 6.41. The summed E-state index contributed by atoms with van der Waals surface area (Å²) in [5.41, 5.74) is 2.28. The number of nitrogens with zero attached hydrogens (tertiary/aromatic N) is 2. The summed E-state index contributed by atoms with van der Waals surface area (Å²) in [4.78, 5) is 12.6. The number of carbonyl (C=O) groups is 1. The van der Waals surface area contributed by atoms with E-state index in [2.05, 4.69) is 31.2 Å². The van der Waals surface area contributed by atoms with Gasteiger partial charge in [0, 0.05) is 18.3 Å². The summed E-state index contributed by atoms with van der Waals surface area (Å²) < 4.78 is 1.93. The first kappa shape index (κ1) is 17.0. The largest absolute Gasteiger partial charge is 0.396 e. The summed E-state index contributed by atoms with van der Waals surface area (Å²) in [6.45, 7) is 10.4. The monoisotopic (exact) mass is 307 g/mol. The summed E-state index contributed by atoms with van der Waals surface area (Å²) in [6, 6.07) is 0.215. The van der Waals surface area contributed by atoms with Crippen LogP contribution >= 0.6 is 0 Å². The molecular formula is C17H29N3O2. The van der Waals surface area contributed by atoms with Gasteiger partial charge in [0.1, 0.15) is 0 Å². The van der Waals surface area contributed by atoms with Crippen molar-refractivity contribution in [2.24, 2.45) is 5.92 Å². The second-order valence-corrected chi connectivity index (χ2v) is 7.50. The molecule has 5 nitrogen and oxygen atoms in total. The average molecular weight is 307 g/mol. The number of hydrogen-bond donors (Lipinski definition) is 2. The molecule has 1 aromatic rings. The molecule has 1 aliphatic rings. The molecule has 0 bridgehead atoms. The molecule has 124 valence electrons. The second-order valence-electron chi connectivity index (χ2n) is 7.50. The Bertz CT molecular complexity index is 535. The Morgan fingerprint density at radius 3 is 2.32 bits per heavy atom. The minimum atomic E-state index is -0.132. The van der Waals surface area contributed by atoms with Gasteiger partial charge in [0.15, 0.2) is 0 Å². The van der Waals surface area contributed by atoms with Gasteiger partial charge in [-0.1, -0.05) is 0 Å². The highest BCUT2D eigenvalue weighted by Crippen LogP contribution is 2.25. The van der Waals surface area contributed by atoms with Crippen LogP contribution in [0.25, 0.3) is 0 Å². The number of carbonyl (C=O) groups excluding carboxylic acids is 1. The average Bonchev–Trinajstić information content (AvgIpc) is 2.75. The van der Waals surface area contributed by atoms with Gasteiger partial charge in [-0.05, 0) is 66.2 Å². The van der Waals surface area contributed by atoms with E-state index in [0.717, 1.165) is 37.1 Å². The first-order valence-electron chi connectivity index (χ1n) is 8.22. The number of aromatic nitrogens is 2. The highest BCUT2D eigenvalue weighted by Gasteiger charge is 2.27. The highest BCUT2D eigenvalue weighted by atomic mass is 16.3. The molecule has 1 aromatic heterocycles. The highest BCUT2D eigenvalue weighted by molar-refractivity contribution is 5.96. The Morgan fingerprint density at radius 1 is 1.27 bits per heavy atom. The Morgan fingerprint density at radius 2 is 1.86 bits per heavy atom. The zero-order chi connectivity index (χ0) is 16.5. The van der Waals surface area contributed by atoms with Gasteiger partial charge in [-0.3, -0.25) is 9.48 Å². The molecule has 5 heteroatoms. The maximum absolute atomic E-state index is 12.6. The molecule has 0 spiro atoms. The van der Waals surface area contributed by atoms with Crippen molar-refractivity contribution in [2.45, 2.75) is 71.9 Å². The molecule has 1 saturated carbocycles. The van der Waals surface area contributed by atoms with Gasteiger partial charge >= 0.3 is 0 Å². The van der Waals surface area contributed by atoms with E-state index >= 15 is 0 Å². The van der Waals surface area contributed by atoms with Gasteiger partial charge in [0.05, 0.1) is 16.8 Å². The van der Waals surface area contributed by atoms with Crippen LogP contribution in [0.15, 0.2) is 0 Å². The van der Waals surface area contributed by atoms with Crippen LogP contribution in [0.2, 0.25) is 0 Å². The first-order chi connectivity index (χ1) is 10.2. The quantitative estimate of drug-likeness (QED) is 0.902.